The van der Waals surface area contributed by atoms with Crippen molar-refractivity contribution in [2.75, 3.05) is 31.1 Å². The van der Waals surface area contributed by atoms with Gasteiger partial charge in [-0.25, -0.2) is 9.37 Å². The third kappa shape index (κ3) is 4.55. The number of phenolic OH excluding ortho intramolecular Hbond substituents is 1. The smallest absolute Gasteiger partial charge is 0.232 e. The molecule has 2 aromatic carbocycles. The van der Waals surface area contributed by atoms with Gasteiger partial charge in [0, 0.05) is 61.2 Å². The van der Waals surface area contributed by atoms with Gasteiger partial charge in [-0.15, -0.1) is 0 Å². The summed E-state index contributed by atoms with van der Waals surface area (Å²) < 4.78 is 21.1. The lowest BCUT2D eigenvalue weighted by Gasteiger charge is -2.37. The molecular formula is C35H40FN5O2. The fourth-order valence-electron chi connectivity index (χ4n) is 9.16. The van der Waals surface area contributed by atoms with E-state index in [1.165, 1.54) is 18.4 Å². The van der Waals surface area contributed by atoms with Crippen molar-refractivity contribution in [3.8, 4) is 17.7 Å². The van der Waals surface area contributed by atoms with Gasteiger partial charge in [0.1, 0.15) is 30.2 Å². The number of nitrogens with zero attached hydrogens (tertiary/aromatic N) is 4. The number of nitriles is 1. The Hall–Kier alpha value is -3.41. The van der Waals surface area contributed by atoms with Gasteiger partial charge >= 0.3 is 0 Å². The number of hydrogen-bond acceptors (Lipinski definition) is 7. The first-order chi connectivity index (χ1) is 20.9. The van der Waals surface area contributed by atoms with Gasteiger partial charge in [0.2, 0.25) is 5.88 Å². The lowest BCUT2D eigenvalue weighted by atomic mass is 9.83. The zero-order valence-corrected chi connectivity index (χ0v) is 24.9. The SMILES string of the molecule is Cc1cccc2cc(O)cc(N3CCc4c(C5CC6CCC(C5)N6)nc(OCC56CCCN5C[C@@H](F)C6)c(C#N)c4C3)c12. The Kier molecular flexibility index (Phi) is 6.54. The molecule has 6 heterocycles. The van der Waals surface area contributed by atoms with E-state index in [2.05, 4.69) is 34.2 Å². The third-order valence-electron chi connectivity index (χ3n) is 11.1. The van der Waals surface area contributed by atoms with Crippen molar-refractivity contribution >= 4 is 16.5 Å². The molecule has 5 aliphatic heterocycles. The molecule has 0 saturated carbocycles. The first-order valence-corrected chi connectivity index (χ1v) is 16.1. The summed E-state index contributed by atoms with van der Waals surface area (Å²) in [6, 6.07) is 13.4. The molecule has 3 unspecified atom stereocenters. The molecular weight excluding hydrogens is 541 g/mol. The number of fused-ring (bicyclic) bond motifs is 5. The van der Waals surface area contributed by atoms with Crippen LogP contribution in [0.25, 0.3) is 10.8 Å². The summed E-state index contributed by atoms with van der Waals surface area (Å²) in [5.74, 6) is 0.998. The molecule has 224 valence electrons. The van der Waals surface area contributed by atoms with Crippen LogP contribution in [0.3, 0.4) is 0 Å². The second kappa shape index (κ2) is 10.3. The topological polar surface area (TPSA) is 84.7 Å². The molecule has 43 heavy (non-hydrogen) atoms. The highest BCUT2D eigenvalue weighted by Crippen LogP contribution is 2.45. The van der Waals surface area contributed by atoms with E-state index >= 15 is 0 Å². The lowest BCUT2D eigenvalue weighted by Crippen LogP contribution is -2.43. The number of nitrogens with one attached hydrogen (secondary N) is 1. The standard InChI is InChI=1S/C35H40FN5O2/c1-21-4-2-5-22-14-27(42)15-31(32(21)22)40-11-8-28-30(19-40)29(17-37)34(39-33(28)23-12-25-6-7-26(13-23)38-25)43-20-35-9-3-10-41(35)18-24(36)16-35/h2,4-5,14-15,23-26,38,42H,3,6-13,16,18-20H2,1H3/t23?,24-,25?,26?,35?/m0/s1. The fraction of sp³-hybridized carbons (Fsp3) is 0.543. The number of aromatic nitrogens is 1. The molecule has 0 spiro atoms. The van der Waals surface area contributed by atoms with Gasteiger partial charge in [-0.2, -0.15) is 5.26 Å². The van der Waals surface area contributed by atoms with Crippen molar-refractivity contribution < 1.29 is 14.2 Å². The zero-order chi connectivity index (χ0) is 29.3. The number of ether oxygens (including phenoxy) is 1. The Labute approximate surface area is 252 Å². The lowest BCUT2D eigenvalue weighted by molar-refractivity contribution is 0.110. The number of aromatic hydroxyl groups is 1. The zero-order valence-electron chi connectivity index (χ0n) is 24.9. The Balaban J connectivity index is 1.21. The molecule has 4 fully saturated rings. The van der Waals surface area contributed by atoms with Gasteiger partial charge in [0.15, 0.2) is 0 Å². The van der Waals surface area contributed by atoms with Gasteiger partial charge in [0.05, 0.1) is 11.2 Å². The van der Waals surface area contributed by atoms with Crippen LogP contribution in [0.4, 0.5) is 10.1 Å². The van der Waals surface area contributed by atoms with Crippen molar-refractivity contribution in [3.05, 3.63) is 58.3 Å². The Morgan fingerprint density at radius 1 is 1.19 bits per heavy atom. The number of piperidine rings is 1. The van der Waals surface area contributed by atoms with E-state index in [0.717, 1.165) is 78.5 Å². The quantitative estimate of drug-likeness (QED) is 0.404. The summed E-state index contributed by atoms with van der Waals surface area (Å²) in [5.41, 5.74) is 5.67. The molecule has 0 aliphatic carbocycles. The molecule has 0 radical (unpaired) electrons. The van der Waals surface area contributed by atoms with E-state index in [4.69, 9.17) is 9.72 Å². The van der Waals surface area contributed by atoms with Crippen molar-refractivity contribution in [1.29, 1.82) is 5.26 Å². The van der Waals surface area contributed by atoms with Crippen LogP contribution in [0.15, 0.2) is 30.3 Å². The summed E-state index contributed by atoms with van der Waals surface area (Å²) in [6.07, 6.45) is 6.96. The van der Waals surface area contributed by atoms with Gasteiger partial charge in [0.25, 0.3) is 0 Å². The van der Waals surface area contributed by atoms with Crippen molar-refractivity contribution in [2.24, 2.45) is 0 Å². The van der Waals surface area contributed by atoms with Crippen LogP contribution in [0.1, 0.15) is 78.8 Å². The molecule has 1 aromatic heterocycles. The average Bonchev–Trinajstić information content (AvgIpc) is 3.64. The minimum atomic E-state index is -0.828. The highest BCUT2D eigenvalue weighted by Gasteiger charge is 2.49. The normalized spacial score (nSPS) is 29.9. The van der Waals surface area contributed by atoms with Crippen LogP contribution in [-0.2, 0) is 13.0 Å². The minimum Gasteiger partial charge on any atom is -0.508 e. The largest absolute Gasteiger partial charge is 0.508 e. The van der Waals surface area contributed by atoms with Crippen LogP contribution in [0.2, 0.25) is 0 Å². The molecule has 3 aromatic rings. The molecule has 5 aliphatic rings. The van der Waals surface area contributed by atoms with E-state index in [-0.39, 0.29) is 11.3 Å². The minimum absolute atomic E-state index is 0.243. The van der Waals surface area contributed by atoms with Crippen LogP contribution >= 0.6 is 0 Å². The number of anilines is 1. The molecule has 4 atom stereocenters. The Bertz CT molecular complexity index is 1620. The number of phenols is 1. The van der Waals surface area contributed by atoms with Gasteiger partial charge < -0.3 is 20.1 Å². The number of benzene rings is 2. The average molecular weight is 582 g/mol. The summed E-state index contributed by atoms with van der Waals surface area (Å²) >= 11 is 0. The molecule has 4 saturated heterocycles. The first-order valence-electron chi connectivity index (χ1n) is 16.1. The predicted octanol–water partition coefficient (Wildman–Crippen LogP) is 5.64. The highest BCUT2D eigenvalue weighted by molar-refractivity contribution is 5.98. The van der Waals surface area contributed by atoms with Crippen LogP contribution in [0, 0.1) is 18.3 Å². The second-order valence-corrected chi connectivity index (χ2v) is 13.7. The molecule has 2 bridgehead atoms. The van der Waals surface area contributed by atoms with Crippen molar-refractivity contribution in [2.45, 2.75) is 94.5 Å². The maximum atomic E-state index is 14.5. The molecule has 0 amide bonds. The van der Waals surface area contributed by atoms with Gasteiger partial charge in [-0.3, -0.25) is 4.90 Å². The summed E-state index contributed by atoms with van der Waals surface area (Å²) in [5, 5.41) is 27.2. The molecule has 7 nitrogen and oxygen atoms in total. The Morgan fingerprint density at radius 2 is 2.02 bits per heavy atom. The van der Waals surface area contributed by atoms with Crippen LogP contribution < -0.4 is 15.0 Å². The number of halogens is 1. The number of aryl methyl sites for hydroxylation is 1. The summed E-state index contributed by atoms with van der Waals surface area (Å²) in [4.78, 5) is 9.76. The van der Waals surface area contributed by atoms with E-state index in [1.807, 2.05) is 24.3 Å². The highest BCUT2D eigenvalue weighted by atomic mass is 19.1. The van der Waals surface area contributed by atoms with E-state index < -0.39 is 6.17 Å². The summed E-state index contributed by atoms with van der Waals surface area (Å²) in [7, 11) is 0. The van der Waals surface area contributed by atoms with E-state index in [9.17, 15) is 14.8 Å². The van der Waals surface area contributed by atoms with Gasteiger partial charge in [-0.05, 0) is 86.6 Å². The van der Waals surface area contributed by atoms with E-state index in [0.29, 0.717) is 55.6 Å². The molecule has 2 N–H and O–H groups in total. The predicted molar refractivity (Wildman–Crippen MR) is 165 cm³/mol. The number of rotatable bonds is 5. The van der Waals surface area contributed by atoms with E-state index in [1.54, 1.807) is 0 Å². The third-order valence-corrected chi connectivity index (χ3v) is 11.1. The molecule has 8 heteroatoms. The Morgan fingerprint density at radius 3 is 2.84 bits per heavy atom. The van der Waals surface area contributed by atoms with Crippen LogP contribution in [-0.4, -0.2) is 65.0 Å². The number of pyridine rings is 1. The fourth-order valence-corrected chi connectivity index (χ4v) is 9.16. The molecule has 8 rings (SSSR count). The first kappa shape index (κ1) is 27.2. The van der Waals surface area contributed by atoms with Gasteiger partial charge in [-0.1, -0.05) is 18.2 Å². The maximum Gasteiger partial charge on any atom is 0.232 e. The van der Waals surface area contributed by atoms with Crippen LogP contribution in [0.5, 0.6) is 11.6 Å². The maximum absolute atomic E-state index is 14.5. The number of hydrogen-bond donors (Lipinski definition) is 2. The summed E-state index contributed by atoms with van der Waals surface area (Å²) in [6.45, 7) is 5.19. The second-order valence-electron chi connectivity index (χ2n) is 13.7. The number of alkyl halides is 1. The van der Waals surface area contributed by atoms with Crippen molar-refractivity contribution in [3.63, 3.8) is 0 Å². The monoisotopic (exact) mass is 581 g/mol. The van der Waals surface area contributed by atoms with Crippen molar-refractivity contribution in [1.82, 2.24) is 15.2 Å².